The highest BCUT2D eigenvalue weighted by atomic mass is 32.2. The van der Waals surface area contributed by atoms with Crippen LogP contribution in [-0.2, 0) is 14.8 Å². The van der Waals surface area contributed by atoms with E-state index in [1.165, 1.54) is 12.1 Å². The second-order valence-electron chi connectivity index (χ2n) is 9.07. The highest BCUT2D eigenvalue weighted by Gasteiger charge is 2.44. The van der Waals surface area contributed by atoms with Gasteiger partial charge in [-0.05, 0) is 60.9 Å². The van der Waals surface area contributed by atoms with E-state index in [0.717, 1.165) is 18.4 Å². The molecule has 0 aliphatic heterocycles. The van der Waals surface area contributed by atoms with Gasteiger partial charge in [-0.2, -0.15) is 4.98 Å². The molecule has 1 amide bonds. The van der Waals surface area contributed by atoms with Crippen molar-refractivity contribution in [2.75, 3.05) is 10.0 Å². The van der Waals surface area contributed by atoms with Crippen molar-refractivity contribution in [1.82, 2.24) is 10.1 Å². The fourth-order valence-corrected chi connectivity index (χ4v) is 4.69. The Balaban J connectivity index is 1.28. The van der Waals surface area contributed by atoms with Crippen LogP contribution < -0.4 is 15.8 Å². The molecule has 5 rings (SSSR count). The van der Waals surface area contributed by atoms with Gasteiger partial charge in [0.2, 0.25) is 17.6 Å². The zero-order valence-electron chi connectivity index (χ0n) is 19.5. The highest BCUT2D eigenvalue weighted by molar-refractivity contribution is 7.92. The quantitative estimate of drug-likeness (QED) is 0.325. The smallest absolute Gasteiger partial charge is 0.261 e. The molecule has 10 heteroatoms. The van der Waals surface area contributed by atoms with Crippen molar-refractivity contribution >= 4 is 27.3 Å². The number of hydrogen-bond acceptors (Lipinski definition) is 7. The molecule has 1 aromatic heterocycles. The summed E-state index contributed by atoms with van der Waals surface area (Å²) >= 11 is 0. The zero-order valence-corrected chi connectivity index (χ0v) is 20.3. The lowest BCUT2D eigenvalue weighted by Crippen LogP contribution is -2.21. The monoisotopic (exact) mass is 503 g/mol. The number of rotatable bonds is 8. The lowest BCUT2D eigenvalue weighted by molar-refractivity contribution is -0.120. The zero-order chi connectivity index (χ0) is 25.3. The van der Waals surface area contributed by atoms with E-state index in [-0.39, 0.29) is 22.1 Å². The molecule has 0 bridgehead atoms. The Labute approximate surface area is 208 Å². The van der Waals surface area contributed by atoms with Gasteiger partial charge in [-0.1, -0.05) is 48.5 Å². The largest absolute Gasteiger partial charge is 0.337 e. The van der Waals surface area contributed by atoms with Crippen LogP contribution in [0.15, 0.2) is 88.3 Å². The van der Waals surface area contributed by atoms with Crippen molar-refractivity contribution in [2.45, 2.75) is 30.7 Å². The first-order valence-electron chi connectivity index (χ1n) is 11.4. The van der Waals surface area contributed by atoms with Crippen molar-refractivity contribution in [3.63, 3.8) is 0 Å². The number of sulfonamides is 1. The van der Waals surface area contributed by atoms with Crippen LogP contribution in [0.4, 0.5) is 11.4 Å². The van der Waals surface area contributed by atoms with E-state index in [2.05, 4.69) is 20.2 Å². The van der Waals surface area contributed by atoms with Gasteiger partial charge in [0.15, 0.2) is 0 Å². The second kappa shape index (κ2) is 9.21. The van der Waals surface area contributed by atoms with Crippen LogP contribution in [0.3, 0.4) is 0 Å². The fourth-order valence-electron chi connectivity index (χ4n) is 3.64. The lowest BCUT2D eigenvalue weighted by atomic mass is 10.1. The molecule has 9 nitrogen and oxygen atoms in total. The van der Waals surface area contributed by atoms with Crippen LogP contribution in [0.5, 0.6) is 0 Å². The average molecular weight is 504 g/mol. The molecule has 0 saturated heterocycles. The van der Waals surface area contributed by atoms with E-state index in [1.54, 1.807) is 36.4 Å². The topological polar surface area (TPSA) is 140 Å². The minimum atomic E-state index is -3.86. The molecule has 4 N–H and O–H groups in total. The number of benzene rings is 3. The van der Waals surface area contributed by atoms with Gasteiger partial charge in [0.1, 0.15) is 6.04 Å². The molecule has 1 fully saturated rings. The van der Waals surface area contributed by atoms with Gasteiger partial charge in [0, 0.05) is 16.7 Å². The molecule has 1 saturated carbocycles. The van der Waals surface area contributed by atoms with Crippen molar-refractivity contribution in [3.8, 4) is 11.4 Å². The Bertz CT molecular complexity index is 1500. The maximum Gasteiger partial charge on any atom is 0.261 e. The van der Waals surface area contributed by atoms with Crippen LogP contribution in [0.25, 0.3) is 11.4 Å². The predicted molar refractivity (Wildman–Crippen MR) is 135 cm³/mol. The van der Waals surface area contributed by atoms with E-state index >= 15 is 0 Å². The van der Waals surface area contributed by atoms with E-state index < -0.39 is 16.1 Å². The molecule has 1 unspecified atom stereocenters. The van der Waals surface area contributed by atoms with Gasteiger partial charge in [-0.3, -0.25) is 9.52 Å². The molecule has 1 aliphatic carbocycles. The first-order chi connectivity index (χ1) is 17.2. The first-order valence-corrected chi connectivity index (χ1v) is 12.9. The number of nitrogens with two attached hydrogens (primary N) is 1. The Morgan fingerprint density at radius 1 is 1.00 bits per heavy atom. The van der Waals surface area contributed by atoms with Crippen LogP contribution in [0, 0.1) is 5.41 Å². The molecule has 0 spiro atoms. The Morgan fingerprint density at radius 2 is 1.69 bits per heavy atom. The lowest BCUT2D eigenvalue weighted by Gasteiger charge is -2.12. The maximum atomic E-state index is 12.9. The molecule has 1 aliphatic rings. The number of amides is 1. The summed E-state index contributed by atoms with van der Waals surface area (Å²) in [6.07, 6.45) is 1.71. The molecular formula is C26H25N5O4S. The third-order valence-electron chi connectivity index (χ3n) is 6.21. The summed E-state index contributed by atoms with van der Waals surface area (Å²) in [5.74, 6) is 0.505. The van der Waals surface area contributed by atoms with Crippen LogP contribution >= 0.6 is 0 Å². The van der Waals surface area contributed by atoms with Crippen LogP contribution in [-0.4, -0.2) is 24.5 Å². The van der Waals surface area contributed by atoms with Crippen molar-refractivity contribution in [3.05, 3.63) is 90.3 Å². The number of hydrogen-bond donors (Lipinski definition) is 3. The fraction of sp³-hybridized carbons (Fsp3) is 0.192. The molecule has 4 aromatic rings. The normalized spacial score (nSPS) is 15.2. The Hall–Kier alpha value is -4.02. The maximum absolute atomic E-state index is 12.9. The summed E-state index contributed by atoms with van der Waals surface area (Å²) < 4.78 is 33.8. The molecule has 36 heavy (non-hydrogen) atoms. The molecule has 1 heterocycles. The number of anilines is 2. The third kappa shape index (κ3) is 5.00. The number of aromatic nitrogens is 2. The summed E-state index contributed by atoms with van der Waals surface area (Å²) in [4.78, 5) is 16.7. The minimum Gasteiger partial charge on any atom is -0.337 e. The van der Waals surface area contributed by atoms with Crippen LogP contribution in [0.2, 0.25) is 0 Å². The number of nitrogens with zero attached hydrogens (tertiary/aromatic N) is 2. The summed E-state index contributed by atoms with van der Waals surface area (Å²) in [6.45, 7) is 1.91. The molecule has 3 aromatic carbocycles. The van der Waals surface area contributed by atoms with E-state index in [1.807, 2.05) is 37.3 Å². The summed E-state index contributed by atoms with van der Waals surface area (Å²) in [6, 6.07) is 21.6. The number of carbonyl (C=O) groups excluding carboxylic acids is 1. The summed E-state index contributed by atoms with van der Waals surface area (Å²) in [5, 5.41) is 6.83. The molecular weight excluding hydrogens is 478 g/mol. The van der Waals surface area contributed by atoms with E-state index in [9.17, 15) is 13.2 Å². The van der Waals surface area contributed by atoms with Gasteiger partial charge in [-0.25, -0.2) is 8.42 Å². The second-order valence-corrected chi connectivity index (χ2v) is 10.8. The summed E-state index contributed by atoms with van der Waals surface area (Å²) in [5.41, 5.74) is 8.19. The molecule has 184 valence electrons. The molecule has 1 atom stereocenters. The van der Waals surface area contributed by atoms with Gasteiger partial charge >= 0.3 is 0 Å². The predicted octanol–water partition coefficient (Wildman–Crippen LogP) is 4.32. The van der Waals surface area contributed by atoms with Crippen LogP contribution in [0.1, 0.15) is 37.3 Å². The van der Waals surface area contributed by atoms with Gasteiger partial charge in [-0.15, -0.1) is 0 Å². The SMILES string of the molecule is CC1(C(=O)Nc2cccc(NS(=O)(=O)c3ccc(-c4noc(C(N)c5ccccc5)n4)cc3)c2)CC1. The minimum absolute atomic E-state index is 0.0626. The first kappa shape index (κ1) is 23.7. The van der Waals surface area contributed by atoms with E-state index in [0.29, 0.717) is 22.8 Å². The standard InChI is InChI=1S/C26H25N5O4S/c1-26(14-15-26)25(32)28-19-8-5-9-20(16-19)31-36(33,34)21-12-10-18(11-13-21)23-29-24(35-30-23)22(27)17-6-3-2-4-7-17/h2-13,16,22,31H,14-15,27H2,1H3,(H,28,32). The van der Waals surface area contributed by atoms with E-state index in [4.69, 9.17) is 10.3 Å². The highest BCUT2D eigenvalue weighted by Crippen LogP contribution is 2.45. The Kier molecular flexibility index (Phi) is 6.07. The van der Waals surface area contributed by atoms with Gasteiger partial charge in [0.25, 0.3) is 10.0 Å². The van der Waals surface area contributed by atoms with Crippen molar-refractivity contribution < 1.29 is 17.7 Å². The van der Waals surface area contributed by atoms with Gasteiger partial charge in [0.05, 0.1) is 10.6 Å². The molecule has 0 radical (unpaired) electrons. The summed E-state index contributed by atoms with van der Waals surface area (Å²) in [7, 11) is -3.86. The van der Waals surface area contributed by atoms with Crippen molar-refractivity contribution in [2.24, 2.45) is 11.1 Å². The number of nitrogens with one attached hydrogen (secondary N) is 2. The van der Waals surface area contributed by atoms with Crippen molar-refractivity contribution in [1.29, 1.82) is 0 Å². The van der Waals surface area contributed by atoms with Gasteiger partial charge < -0.3 is 15.6 Å². The average Bonchev–Trinajstić information content (AvgIpc) is 3.45. The third-order valence-corrected chi connectivity index (χ3v) is 7.61. The number of carbonyl (C=O) groups is 1. The Morgan fingerprint density at radius 3 is 2.39 bits per heavy atom.